The number of imidazole rings is 1. The smallest absolute Gasteiger partial charge is 0.167 e. The van der Waals surface area contributed by atoms with Gasteiger partial charge in [-0.3, -0.25) is 4.57 Å². The molecule has 0 spiro atoms. The Morgan fingerprint density at radius 1 is 1.27 bits per heavy atom. The summed E-state index contributed by atoms with van der Waals surface area (Å²) in [5.74, 6) is -0.489. The van der Waals surface area contributed by atoms with Gasteiger partial charge in [0, 0.05) is 0 Å². The van der Waals surface area contributed by atoms with E-state index < -0.39 is 30.3 Å². The first kappa shape index (κ1) is 13.6. The fourth-order valence-corrected chi connectivity index (χ4v) is 3.00. The predicted octanol–water partition coefficient (Wildman–Crippen LogP) is 0.0249. The standard InChI is InChI=1S/C13H15N5O4/c1-13(2)21-8-6(3-19)20-12(9(8)22-13)18-5-17-7-10(14)15-4-16-11(7)18/h3-6,8-9,12H,1-2H3,(H2,14,15,16). The number of carbonyl (C=O) groups excluding carboxylic acids is 1. The third kappa shape index (κ3) is 1.83. The van der Waals surface area contributed by atoms with Gasteiger partial charge in [-0.1, -0.05) is 0 Å². The predicted molar refractivity (Wildman–Crippen MR) is 73.5 cm³/mol. The van der Waals surface area contributed by atoms with Crippen LogP contribution in [0.3, 0.4) is 0 Å². The number of carbonyl (C=O) groups is 1. The van der Waals surface area contributed by atoms with Crippen LogP contribution in [0.5, 0.6) is 0 Å². The molecule has 9 nitrogen and oxygen atoms in total. The van der Waals surface area contributed by atoms with E-state index >= 15 is 0 Å². The molecule has 0 saturated carbocycles. The molecule has 0 amide bonds. The Bertz CT molecular complexity index is 745. The quantitative estimate of drug-likeness (QED) is 0.773. The molecule has 0 aromatic carbocycles. The molecule has 4 heterocycles. The van der Waals surface area contributed by atoms with Crippen molar-refractivity contribution in [3.8, 4) is 0 Å². The number of nitrogen functional groups attached to an aromatic ring is 1. The fourth-order valence-electron chi connectivity index (χ4n) is 3.00. The van der Waals surface area contributed by atoms with Crippen molar-refractivity contribution in [1.29, 1.82) is 0 Å². The number of aldehydes is 1. The maximum absolute atomic E-state index is 11.3. The van der Waals surface area contributed by atoms with E-state index in [1.165, 1.54) is 6.33 Å². The normalized spacial score (nSPS) is 33.2. The number of anilines is 1. The van der Waals surface area contributed by atoms with Gasteiger partial charge in [-0.2, -0.15) is 0 Å². The molecule has 2 fully saturated rings. The summed E-state index contributed by atoms with van der Waals surface area (Å²) in [6, 6.07) is 0. The van der Waals surface area contributed by atoms with Gasteiger partial charge in [0.25, 0.3) is 0 Å². The van der Waals surface area contributed by atoms with Gasteiger partial charge in [0.2, 0.25) is 0 Å². The van der Waals surface area contributed by atoms with Gasteiger partial charge in [0.05, 0.1) is 6.33 Å². The zero-order valence-electron chi connectivity index (χ0n) is 12.0. The first-order valence-corrected chi connectivity index (χ1v) is 6.89. The van der Waals surface area contributed by atoms with Crippen molar-refractivity contribution in [3.63, 3.8) is 0 Å². The van der Waals surface area contributed by atoms with Gasteiger partial charge in [0.1, 0.15) is 30.2 Å². The van der Waals surface area contributed by atoms with E-state index in [1.807, 2.05) is 0 Å². The Kier molecular flexibility index (Phi) is 2.74. The highest BCUT2D eigenvalue weighted by atomic mass is 16.8. The van der Waals surface area contributed by atoms with Gasteiger partial charge in [-0.15, -0.1) is 0 Å². The maximum Gasteiger partial charge on any atom is 0.167 e. The highest BCUT2D eigenvalue weighted by Crippen LogP contribution is 2.43. The van der Waals surface area contributed by atoms with Crippen molar-refractivity contribution in [3.05, 3.63) is 12.7 Å². The average Bonchev–Trinajstić information content (AvgIpc) is 3.10. The minimum absolute atomic E-state index is 0.286. The van der Waals surface area contributed by atoms with Gasteiger partial charge >= 0.3 is 0 Å². The second kappa shape index (κ2) is 4.45. The Balaban J connectivity index is 1.78. The molecule has 9 heteroatoms. The molecule has 0 aliphatic carbocycles. The second-order valence-electron chi connectivity index (χ2n) is 5.78. The van der Waals surface area contributed by atoms with Crippen molar-refractivity contribution in [2.24, 2.45) is 0 Å². The third-order valence-electron chi connectivity index (χ3n) is 3.86. The van der Waals surface area contributed by atoms with E-state index in [9.17, 15) is 4.79 Å². The van der Waals surface area contributed by atoms with Crippen LogP contribution in [0.15, 0.2) is 12.7 Å². The first-order valence-electron chi connectivity index (χ1n) is 6.89. The van der Waals surface area contributed by atoms with Crippen LogP contribution in [-0.4, -0.2) is 49.9 Å². The Morgan fingerprint density at radius 3 is 2.82 bits per heavy atom. The lowest BCUT2D eigenvalue weighted by Gasteiger charge is -2.23. The number of nitrogens with zero attached hydrogens (tertiary/aromatic N) is 4. The molecule has 4 unspecified atom stereocenters. The molecule has 2 N–H and O–H groups in total. The summed E-state index contributed by atoms with van der Waals surface area (Å²) in [7, 11) is 0. The number of fused-ring (bicyclic) bond motifs is 2. The van der Waals surface area contributed by atoms with Crippen molar-refractivity contribution in [2.75, 3.05) is 5.73 Å². The Hall–Kier alpha value is -2.10. The van der Waals surface area contributed by atoms with Crippen LogP contribution in [0.1, 0.15) is 20.1 Å². The number of nitrogens with two attached hydrogens (primary N) is 1. The van der Waals surface area contributed by atoms with Crippen molar-refractivity contribution in [2.45, 2.75) is 44.2 Å². The zero-order chi connectivity index (χ0) is 15.5. The van der Waals surface area contributed by atoms with E-state index in [0.717, 1.165) is 6.29 Å². The average molecular weight is 305 g/mol. The largest absolute Gasteiger partial charge is 0.382 e. The number of hydrogen-bond acceptors (Lipinski definition) is 8. The number of ether oxygens (including phenoxy) is 3. The maximum atomic E-state index is 11.3. The Morgan fingerprint density at radius 2 is 2.05 bits per heavy atom. The highest BCUT2D eigenvalue weighted by molar-refractivity contribution is 5.81. The van der Waals surface area contributed by atoms with E-state index in [1.54, 1.807) is 24.7 Å². The molecule has 2 aliphatic rings. The molecule has 4 atom stereocenters. The van der Waals surface area contributed by atoms with Crippen molar-refractivity contribution in [1.82, 2.24) is 19.5 Å². The summed E-state index contributed by atoms with van der Waals surface area (Å²) in [6.45, 7) is 3.60. The van der Waals surface area contributed by atoms with E-state index in [0.29, 0.717) is 11.2 Å². The van der Waals surface area contributed by atoms with E-state index in [2.05, 4.69) is 15.0 Å². The van der Waals surface area contributed by atoms with Gasteiger partial charge in [0.15, 0.2) is 29.8 Å². The monoisotopic (exact) mass is 305 g/mol. The minimum Gasteiger partial charge on any atom is -0.382 e. The lowest BCUT2D eigenvalue weighted by molar-refractivity contribution is -0.194. The molecule has 4 rings (SSSR count). The lowest BCUT2D eigenvalue weighted by atomic mass is 10.1. The van der Waals surface area contributed by atoms with E-state index in [-0.39, 0.29) is 5.82 Å². The second-order valence-corrected chi connectivity index (χ2v) is 5.78. The third-order valence-corrected chi connectivity index (χ3v) is 3.86. The number of rotatable bonds is 2. The SMILES string of the molecule is CC1(C)OC2C(C=O)OC(n3cnc4c(N)ncnc43)C2O1. The van der Waals surface area contributed by atoms with Gasteiger partial charge < -0.3 is 24.7 Å². The van der Waals surface area contributed by atoms with Crippen LogP contribution in [0, 0.1) is 0 Å². The summed E-state index contributed by atoms with van der Waals surface area (Å²) >= 11 is 0. The van der Waals surface area contributed by atoms with Crippen LogP contribution in [0.4, 0.5) is 5.82 Å². The molecule has 2 saturated heterocycles. The van der Waals surface area contributed by atoms with Crippen molar-refractivity contribution >= 4 is 23.3 Å². The summed E-state index contributed by atoms with van der Waals surface area (Å²) in [4.78, 5) is 23.6. The Labute approximate surface area is 125 Å². The molecule has 22 heavy (non-hydrogen) atoms. The van der Waals surface area contributed by atoms with Crippen LogP contribution in [-0.2, 0) is 19.0 Å². The summed E-state index contributed by atoms with van der Waals surface area (Å²) < 4.78 is 19.1. The van der Waals surface area contributed by atoms with Crippen LogP contribution in [0.2, 0.25) is 0 Å². The van der Waals surface area contributed by atoms with Crippen LogP contribution >= 0.6 is 0 Å². The molecule has 0 bridgehead atoms. The zero-order valence-corrected chi connectivity index (χ0v) is 12.0. The topological polar surface area (TPSA) is 114 Å². The number of aromatic nitrogens is 4. The fraction of sp³-hybridized carbons (Fsp3) is 0.538. The molecule has 116 valence electrons. The van der Waals surface area contributed by atoms with Crippen molar-refractivity contribution < 1.29 is 19.0 Å². The molecule has 2 aliphatic heterocycles. The van der Waals surface area contributed by atoms with Gasteiger partial charge in [-0.05, 0) is 13.8 Å². The lowest BCUT2D eigenvalue weighted by Crippen LogP contribution is -2.30. The summed E-state index contributed by atoms with van der Waals surface area (Å²) in [5.41, 5.74) is 6.80. The number of hydrogen-bond donors (Lipinski definition) is 1. The molecular weight excluding hydrogens is 290 g/mol. The first-order chi connectivity index (χ1) is 10.5. The molecule has 2 aromatic heterocycles. The summed E-state index contributed by atoms with van der Waals surface area (Å²) in [5, 5.41) is 0. The highest BCUT2D eigenvalue weighted by Gasteiger charge is 2.56. The minimum atomic E-state index is -0.775. The molecule has 2 aromatic rings. The molecule has 0 radical (unpaired) electrons. The van der Waals surface area contributed by atoms with Crippen LogP contribution in [0.25, 0.3) is 11.2 Å². The summed E-state index contributed by atoms with van der Waals surface area (Å²) in [6.07, 6.45) is 1.47. The van der Waals surface area contributed by atoms with Gasteiger partial charge in [-0.25, -0.2) is 15.0 Å². The van der Waals surface area contributed by atoms with Crippen LogP contribution < -0.4 is 5.73 Å². The molecular formula is C13H15N5O4. The van der Waals surface area contributed by atoms with E-state index in [4.69, 9.17) is 19.9 Å².